The third kappa shape index (κ3) is 4.50. The van der Waals surface area contributed by atoms with Crippen LogP contribution in [0.5, 0.6) is 5.75 Å². The summed E-state index contributed by atoms with van der Waals surface area (Å²) in [6.45, 7) is 4.79. The number of anilines is 1. The van der Waals surface area contributed by atoms with Gasteiger partial charge in [0.1, 0.15) is 12.4 Å². The molecule has 0 bridgehead atoms. The zero-order chi connectivity index (χ0) is 21.1. The van der Waals surface area contributed by atoms with Crippen LogP contribution in [-0.4, -0.2) is 29.4 Å². The molecule has 5 nitrogen and oxygen atoms in total. The van der Waals surface area contributed by atoms with Crippen molar-refractivity contribution in [3.05, 3.63) is 59.2 Å². The lowest BCUT2D eigenvalue weighted by Crippen LogP contribution is -2.32. The quantitative estimate of drug-likeness (QED) is 0.688. The van der Waals surface area contributed by atoms with Gasteiger partial charge in [0.05, 0.1) is 18.2 Å². The first-order chi connectivity index (χ1) is 14.5. The summed E-state index contributed by atoms with van der Waals surface area (Å²) in [7, 11) is 0. The minimum Gasteiger partial charge on any atom is -0.491 e. The number of rotatable bonds is 7. The van der Waals surface area contributed by atoms with Crippen molar-refractivity contribution in [2.45, 2.75) is 64.3 Å². The molecular formula is C25H30N2O3. The maximum Gasteiger partial charge on any atom is 0.303 e. The first-order valence-corrected chi connectivity index (χ1v) is 10.9. The summed E-state index contributed by atoms with van der Waals surface area (Å²) in [6, 6.07) is 14.9. The SMILES string of the molecule is CCc1ccc(N2N=C(C)CC2COc2ccc3c(c2)CCCC3CC(=O)O)cc1. The van der Waals surface area contributed by atoms with Crippen LogP contribution in [0.15, 0.2) is 47.6 Å². The summed E-state index contributed by atoms with van der Waals surface area (Å²) in [5.74, 6) is 0.250. The van der Waals surface area contributed by atoms with Crippen LogP contribution in [0.2, 0.25) is 0 Å². The van der Waals surface area contributed by atoms with E-state index < -0.39 is 5.97 Å². The summed E-state index contributed by atoms with van der Waals surface area (Å²) in [4.78, 5) is 11.2. The Balaban J connectivity index is 1.44. The van der Waals surface area contributed by atoms with Crippen LogP contribution in [0.4, 0.5) is 5.69 Å². The number of aliphatic carboxylic acids is 1. The molecule has 2 unspecified atom stereocenters. The minimum absolute atomic E-state index is 0.118. The first-order valence-electron chi connectivity index (χ1n) is 10.9. The highest BCUT2D eigenvalue weighted by Gasteiger charge is 2.27. The number of hydrogen-bond donors (Lipinski definition) is 1. The van der Waals surface area contributed by atoms with Crippen LogP contribution in [0.1, 0.15) is 62.1 Å². The van der Waals surface area contributed by atoms with Crippen molar-refractivity contribution in [2.75, 3.05) is 11.6 Å². The summed E-state index contributed by atoms with van der Waals surface area (Å²) in [5, 5.41) is 16.0. The molecule has 2 atom stereocenters. The molecule has 1 aliphatic carbocycles. The Morgan fingerprint density at radius 2 is 2.03 bits per heavy atom. The third-order valence-corrected chi connectivity index (χ3v) is 6.18. The van der Waals surface area contributed by atoms with E-state index in [1.807, 2.05) is 6.07 Å². The second-order valence-corrected chi connectivity index (χ2v) is 8.42. The van der Waals surface area contributed by atoms with E-state index in [1.54, 1.807) is 0 Å². The fraction of sp³-hybridized carbons (Fsp3) is 0.440. The molecule has 0 saturated carbocycles. The van der Waals surface area contributed by atoms with E-state index in [0.717, 1.165) is 49.3 Å². The van der Waals surface area contributed by atoms with E-state index in [0.29, 0.717) is 6.61 Å². The van der Waals surface area contributed by atoms with Crippen LogP contribution in [-0.2, 0) is 17.6 Å². The number of aryl methyl sites for hydroxylation is 2. The van der Waals surface area contributed by atoms with E-state index in [2.05, 4.69) is 55.3 Å². The van der Waals surface area contributed by atoms with Gasteiger partial charge in [-0.1, -0.05) is 25.1 Å². The number of carboxylic acids is 1. The molecular weight excluding hydrogens is 376 g/mol. The zero-order valence-electron chi connectivity index (χ0n) is 17.8. The number of nitrogens with zero attached hydrogens (tertiary/aromatic N) is 2. The number of hydrogen-bond acceptors (Lipinski definition) is 4. The van der Waals surface area contributed by atoms with Gasteiger partial charge >= 0.3 is 5.97 Å². The molecule has 1 N–H and O–H groups in total. The highest BCUT2D eigenvalue weighted by molar-refractivity contribution is 5.86. The molecule has 0 spiro atoms. The largest absolute Gasteiger partial charge is 0.491 e. The lowest BCUT2D eigenvalue weighted by atomic mass is 9.81. The Morgan fingerprint density at radius 1 is 1.23 bits per heavy atom. The molecule has 5 heteroatoms. The van der Waals surface area contributed by atoms with Gasteiger partial charge in [-0.25, -0.2) is 0 Å². The van der Waals surface area contributed by atoms with Gasteiger partial charge in [-0.3, -0.25) is 9.80 Å². The Labute approximate surface area is 178 Å². The van der Waals surface area contributed by atoms with E-state index in [4.69, 9.17) is 9.84 Å². The molecule has 1 aliphatic heterocycles. The van der Waals surface area contributed by atoms with Gasteiger partial charge in [0.2, 0.25) is 0 Å². The lowest BCUT2D eigenvalue weighted by Gasteiger charge is -2.26. The van der Waals surface area contributed by atoms with Gasteiger partial charge in [-0.2, -0.15) is 5.10 Å². The highest BCUT2D eigenvalue weighted by Crippen LogP contribution is 2.36. The van der Waals surface area contributed by atoms with Crippen molar-refractivity contribution < 1.29 is 14.6 Å². The number of ether oxygens (including phenoxy) is 1. The van der Waals surface area contributed by atoms with Crippen LogP contribution >= 0.6 is 0 Å². The molecule has 2 aromatic rings. The number of fused-ring (bicyclic) bond motifs is 1. The molecule has 4 rings (SSSR count). The number of carboxylic acid groups (broad SMARTS) is 1. The topological polar surface area (TPSA) is 62.1 Å². The summed E-state index contributed by atoms with van der Waals surface area (Å²) < 4.78 is 6.19. The third-order valence-electron chi connectivity index (χ3n) is 6.18. The standard InChI is InChI=1S/C25H30N2O3/c1-3-18-7-9-21(10-8-18)27-22(13-17(2)26-27)16-30-23-11-12-24-19(14-23)5-4-6-20(24)15-25(28)29/h7-12,14,20,22H,3-6,13,15-16H2,1-2H3,(H,28,29). The van der Waals surface area contributed by atoms with Gasteiger partial charge < -0.3 is 9.84 Å². The second-order valence-electron chi connectivity index (χ2n) is 8.42. The van der Waals surface area contributed by atoms with E-state index >= 15 is 0 Å². The molecule has 158 valence electrons. The molecule has 1 heterocycles. The average Bonchev–Trinajstić information content (AvgIpc) is 3.12. The fourth-order valence-electron chi connectivity index (χ4n) is 4.61. The minimum atomic E-state index is -0.725. The number of hydrazone groups is 1. The van der Waals surface area contributed by atoms with Crippen molar-refractivity contribution in [1.82, 2.24) is 0 Å². The Bertz CT molecular complexity index is 936. The molecule has 2 aromatic carbocycles. The van der Waals surface area contributed by atoms with Gasteiger partial charge in [0.25, 0.3) is 0 Å². The van der Waals surface area contributed by atoms with Crippen molar-refractivity contribution in [3.63, 3.8) is 0 Å². The predicted molar refractivity (Wildman–Crippen MR) is 120 cm³/mol. The normalized spacial score (nSPS) is 20.6. The van der Waals surface area contributed by atoms with Gasteiger partial charge in [-0.15, -0.1) is 0 Å². The molecule has 0 aromatic heterocycles. The molecule has 0 radical (unpaired) electrons. The highest BCUT2D eigenvalue weighted by atomic mass is 16.5. The van der Waals surface area contributed by atoms with E-state index in [9.17, 15) is 9.90 Å². The Hall–Kier alpha value is -2.82. The smallest absolute Gasteiger partial charge is 0.303 e. The monoisotopic (exact) mass is 406 g/mol. The molecule has 0 fully saturated rings. The Morgan fingerprint density at radius 3 is 2.77 bits per heavy atom. The zero-order valence-corrected chi connectivity index (χ0v) is 17.8. The van der Waals surface area contributed by atoms with Crippen molar-refractivity contribution in [3.8, 4) is 5.75 Å². The maximum atomic E-state index is 11.2. The van der Waals surface area contributed by atoms with Gasteiger partial charge in [0, 0.05) is 12.1 Å². The summed E-state index contributed by atoms with van der Waals surface area (Å²) >= 11 is 0. The van der Waals surface area contributed by atoms with Crippen LogP contribution in [0.25, 0.3) is 0 Å². The van der Waals surface area contributed by atoms with Crippen LogP contribution in [0, 0.1) is 0 Å². The molecule has 30 heavy (non-hydrogen) atoms. The van der Waals surface area contributed by atoms with Crippen LogP contribution in [0.3, 0.4) is 0 Å². The predicted octanol–water partition coefficient (Wildman–Crippen LogP) is 5.18. The van der Waals surface area contributed by atoms with Crippen molar-refractivity contribution >= 4 is 17.4 Å². The Kier molecular flexibility index (Phi) is 6.07. The number of benzene rings is 2. The molecule has 2 aliphatic rings. The second kappa shape index (κ2) is 8.90. The van der Waals surface area contributed by atoms with E-state index in [1.165, 1.54) is 16.7 Å². The first kappa shape index (κ1) is 20.5. The van der Waals surface area contributed by atoms with Crippen molar-refractivity contribution in [2.24, 2.45) is 5.10 Å². The van der Waals surface area contributed by atoms with Crippen LogP contribution < -0.4 is 9.75 Å². The number of carbonyl (C=O) groups is 1. The fourth-order valence-corrected chi connectivity index (χ4v) is 4.61. The van der Waals surface area contributed by atoms with Gasteiger partial charge in [-0.05, 0) is 79.5 Å². The lowest BCUT2D eigenvalue weighted by molar-refractivity contribution is -0.137. The average molecular weight is 407 g/mol. The maximum absolute atomic E-state index is 11.2. The van der Waals surface area contributed by atoms with E-state index in [-0.39, 0.29) is 18.4 Å². The van der Waals surface area contributed by atoms with Gasteiger partial charge in [0.15, 0.2) is 0 Å². The summed E-state index contributed by atoms with van der Waals surface area (Å²) in [6.07, 6.45) is 5.10. The summed E-state index contributed by atoms with van der Waals surface area (Å²) in [5.41, 5.74) is 5.94. The van der Waals surface area contributed by atoms with Crippen molar-refractivity contribution in [1.29, 1.82) is 0 Å². The molecule has 0 saturated heterocycles. The molecule has 0 amide bonds.